The van der Waals surface area contributed by atoms with E-state index in [0.29, 0.717) is 6.54 Å². The minimum Gasteiger partial charge on any atom is -0.368 e. The molecule has 0 atom stereocenters. The Morgan fingerprint density at radius 2 is 1.96 bits per heavy atom. The number of nitrogens with zero attached hydrogens (tertiary/aromatic N) is 2. The lowest BCUT2D eigenvalue weighted by Crippen LogP contribution is -2.40. The molecule has 0 N–H and O–H groups in total. The van der Waals surface area contributed by atoms with Gasteiger partial charge in [-0.15, -0.1) is 0 Å². The third-order valence-electron chi connectivity index (χ3n) is 4.74. The van der Waals surface area contributed by atoms with Crippen LogP contribution in [0.25, 0.3) is 11.3 Å². The molecular formula is C21H26N2O2. The highest BCUT2D eigenvalue weighted by molar-refractivity contribution is 5.78. The van der Waals surface area contributed by atoms with Crippen molar-refractivity contribution in [3.63, 3.8) is 0 Å². The zero-order valence-corrected chi connectivity index (χ0v) is 15.0. The third kappa shape index (κ3) is 4.45. The molecule has 4 heteroatoms. The van der Waals surface area contributed by atoms with E-state index in [2.05, 4.69) is 17.1 Å². The van der Waals surface area contributed by atoms with Crippen LogP contribution < -0.4 is 0 Å². The highest BCUT2D eigenvalue weighted by Crippen LogP contribution is 2.24. The van der Waals surface area contributed by atoms with Gasteiger partial charge in [0.1, 0.15) is 6.61 Å². The Balaban J connectivity index is 1.75. The number of hydrogen-bond donors (Lipinski definition) is 0. The van der Waals surface area contributed by atoms with Crippen LogP contribution in [0, 0.1) is 0 Å². The summed E-state index contributed by atoms with van der Waals surface area (Å²) in [5.41, 5.74) is 3.10. The number of carbonyl (C=O) groups is 1. The molecule has 0 saturated heterocycles. The van der Waals surface area contributed by atoms with Crippen molar-refractivity contribution in [1.82, 2.24) is 9.88 Å². The fourth-order valence-electron chi connectivity index (χ4n) is 2.98. The fraction of sp³-hybridized carbons (Fsp3) is 0.429. The summed E-state index contributed by atoms with van der Waals surface area (Å²) in [4.78, 5) is 19.0. The Morgan fingerprint density at radius 1 is 1.20 bits per heavy atom. The monoisotopic (exact) mass is 338 g/mol. The van der Waals surface area contributed by atoms with Crippen LogP contribution in [-0.4, -0.2) is 34.5 Å². The van der Waals surface area contributed by atoms with Gasteiger partial charge in [-0.3, -0.25) is 9.78 Å². The standard InChI is InChI=1S/C21H26N2O2/c1-16(2)23(21(24)15-25-18-9-7-10-18)14-17-8-3-4-11-19(17)20-12-5-6-13-22-20/h3-6,8,11-13,16,18H,7,9-10,14-15H2,1-2H3. The van der Waals surface area contributed by atoms with Gasteiger partial charge in [-0.05, 0) is 50.8 Å². The molecule has 2 aromatic rings. The van der Waals surface area contributed by atoms with Gasteiger partial charge >= 0.3 is 0 Å². The molecule has 0 spiro atoms. The van der Waals surface area contributed by atoms with Crippen molar-refractivity contribution in [1.29, 1.82) is 0 Å². The molecule has 0 unspecified atom stereocenters. The van der Waals surface area contributed by atoms with Gasteiger partial charge < -0.3 is 9.64 Å². The first kappa shape index (κ1) is 17.6. The number of amides is 1. The Kier molecular flexibility index (Phi) is 5.82. The van der Waals surface area contributed by atoms with Crippen molar-refractivity contribution in [3.05, 3.63) is 54.2 Å². The molecule has 1 aliphatic rings. The molecule has 4 nitrogen and oxygen atoms in total. The van der Waals surface area contributed by atoms with Gasteiger partial charge in [0.15, 0.2) is 0 Å². The first-order chi connectivity index (χ1) is 12.1. The van der Waals surface area contributed by atoms with Crippen LogP contribution >= 0.6 is 0 Å². The van der Waals surface area contributed by atoms with E-state index in [0.717, 1.165) is 29.7 Å². The fourth-order valence-corrected chi connectivity index (χ4v) is 2.98. The number of carbonyl (C=O) groups excluding carboxylic acids is 1. The molecule has 1 aromatic heterocycles. The van der Waals surface area contributed by atoms with Crippen LogP contribution in [0.3, 0.4) is 0 Å². The maximum Gasteiger partial charge on any atom is 0.249 e. The Labute approximate surface area is 149 Å². The molecule has 0 aliphatic heterocycles. The molecule has 1 aromatic carbocycles. The topological polar surface area (TPSA) is 42.4 Å². The van der Waals surface area contributed by atoms with Crippen molar-refractivity contribution in [2.24, 2.45) is 0 Å². The predicted molar refractivity (Wildman–Crippen MR) is 99.0 cm³/mol. The summed E-state index contributed by atoms with van der Waals surface area (Å²) < 4.78 is 5.72. The van der Waals surface area contributed by atoms with Crippen LogP contribution in [0.2, 0.25) is 0 Å². The first-order valence-electron chi connectivity index (χ1n) is 9.05. The smallest absolute Gasteiger partial charge is 0.249 e. The van der Waals surface area contributed by atoms with Gasteiger partial charge in [0.25, 0.3) is 0 Å². The summed E-state index contributed by atoms with van der Waals surface area (Å²) in [6, 6.07) is 14.2. The zero-order chi connectivity index (χ0) is 17.6. The Bertz CT molecular complexity index is 696. The van der Waals surface area contributed by atoms with Gasteiger partial charge in [0.2, 0.25) is 5.91 Å². The SMILES string of the molecule is CC(C)N(Cc1ccccc1-c1ccccn1)C(=O)COC1CCC1. The molecule has 1 aliphatic carbocycles. The van der Waals surface area contributed by atoms with E-state index in [9.17, 15) is 4.79 Å². The third-order valence-corrected chi connectivity index (χ3v) is 4.74. The van der Waals surface area contributed by atoms with Crippen molar-refractivity contribution in [3.8, 4) is 11.3 Å². The van der Waals surface area contributed by atoms with Crippen molar-refractivity contribution < 1.29 is 9.53 Å². The number of rotatable bonds is 7. The molecule has 1 amide bonds. The second-order valence-electron chi connectivity index (χ2n) is 6.85. The van der Waals surface area contributed by atoms with E-state index in [1.807, 2.05) is 49.1 Å². The molecule has 0 bridgehead atoms. The largest absolute Gasteiger partial charge is 0.368 e. The van der Waals surface area contributed by atoms with E-state index in [1.54, 1.807) is 6.20 Å². The summed E-state index contributed by atoms with van der Waals surface area (Å²) in [5, 5.41) is 0. The summed E-state index contributed by atoms with van der Waals surface area (Å²) in [6.45, 7) is 4.83. The Hall–Kier alpha value is -2.20. The molecule has 25 heavy (non-hydrogen) atoms. The average molecular weight is 338 g/mol. The van der Waals surface area contributed by atoms with Crippen LogP contribution in [0.4, 0.5) is 0 Å². The molecule has 0 radical (unpaired) electrons. The van der Waals surface area contributed by atoms with Gasteiger partial charge in [-0.25, -0.2) is 0 Å². The number of aromatic nitrogens is 1. The summed E-state index contributed by atoms with van der Waals surface area (Å²) >= 11 is 0. The van der Waals surface area contributed by atoms with Gasteiger partial charge in [0, 0.05) is 24.3 Å². The lowest BCUT2D eigenvalue weighted by Gasteiger charge is -2.30. The maximum atomic E-state index is 12.7. The second kappa shape index (κ2) is 8.26. The number of ether oxygens (including phenoxy) is 1. The predicted octanol–water partition coefficient (Wildman–Crippen LogP) is 4.05. The van der Waals surface area contributed by atoms with Gasteiger partial charge in [0.05, 0.1) is 11.8 Å². The highest BCUT2D eigenvalue weighted by Gasteiger charge is 2.23. The molecule has 132 valence electrons. The van der Waals surface area contributed by atoms with Gasteiger partial charge in [-0.2, -0.15) is 0 Å². The van der Waals surface area contributed by atoms with Crippen molar-refractivity contribution in [2.45, 2.75) is 51.8 Å². The molecule has 1 heterocycles. The first-order valence-corrected chi connectivity index (χ1v) is 9.05. The van der Waals surface area contributed by atoms with Crippen LogP contribution in [0.5, 0.6) is 0 Å². The molecule has 1 saturated carbocycles. The molecular weight excluding hydrogens is 312 g/mol. The summed E-state index contributed by atoms with van der Waals surface area (Å²) in [5.74, 6) is 0.0534. The summed E-state index contributed by atoms with van der Waals surface area (Å²) in [6.07, 6.45) is 5.45. The number of benzene rings is 1. The minimum atomic E-state index is 0.0534. The van der Waals surface area contributed by atoms with E-state index >= 15 is 0 Å². The quantitative estimate of drug-likeness (QED) is 0.765. The summed E-state index contributed by atoms with van der Waals surface area (Å²) in [7, 11) is 0. The minimum absolute atomic E-state index is 0.0534. The van der Waals surface area contributed by atoms with Crippen LogP contribution in [0.15, 0.2) is 48.7 Å². The number of hydrogen-bond acceptors (Lipinski definition) is 3. The normalized spacial score (nSPS) is 14.4. The second-order valence-corrected chi connectivity index (χ2v) is 6.85. The Morgan fingerprint density at radius 3 is 2.60 bits per heavy atom. The lowest BCUT2D eigenvalue weighted by molar-refractivity contribution is -0.142. The van der Waals surface area contributed by atoms with Gasteiger partial charge in [-0.1, -0.05) is 30.3 Å². The highest BCUT2D eigenvalue weighted by atomic mass is 16.5. The van der Waals surface area contributed by atoms with Crippen LogP contribution in [0.1, 0.15) is 38.7 Å². The molecule has 3 rings (SSSR count). The zero-order valence-electron chi connectivity index (χ0n) is 15.0. The van der Waals surface area contributed by atoms with E-state index in [1.165, 1.54) is 6.42 Å². The average Bonchev–Trinajstić information content (AvgIpc) is 2.59. The van der Waals surface area contributed by atoms with E-state index in [4.69, 9.17) is 4.74 Å². The maximum absolute atomic E-state index is 12.7. The van der Waals surface area contributed by atoms with Crippen molar-refractivity contribution in [2.75, 3.05) is 6.61 Å². The molecule has 1 fully saturated rings. The lowest BCUT2D eigenvalue weighted by atomic mass is 9.96. The van der Waals surface area contributed by atoms with E-state index in [-0.39, 0.29) is 24.7 Å². The van der Waals surface area contributed by atoms with Crippen LogP contribution in [-0.2, 0) is 16.1 Å². The van der Waals surface area contributed by atoms with Crippen molar-refractivity contribution >= 4 is 5.91 Å². The van der Waals surface area contributed by atoms with E-state index < -0.39 is 0 Å². The number of pyridine rings is 1.